The Morgan fingerprint density at radius 3 is 2.72 bits per heavy atom. The van der Waals surface area contributed by atoms with Gasteiger partial charge in [0.15, 0.2) is 5.65 Å². The third kappa shape index (κ3) is 4.39. The fourth-order valence-corrected chi connectivity index (χ4v) is 4.80. The van der Waals surface area contributed by atoms with Crippen molar-refractivity contribution in [2.75, 3.05) is 0 Å². The topological polar surface area (TPSA) is 56.0 Å². The molecule has 5 aromatic rings. The second kappa shape index (κ2) is 8.89. The second-order valence-electron chi connectivity index (χ2n) is 7.77. The van der Waals surface area contributed by atoms with Gasteiger partial charge in [-0.15, -0.1) is 11.3 Å². The van der Waals surface area contributed by atoms with E-state index in [-0.39, 0.29) is 0 Å². The Morgan fingerprint density at radius 2 is 1.84 bits per heavy atom. The third-order valence-electron chi connectivity index (χ3n) is 5.41. The molecule has 5 nitrogen and oxygen atoms in total. The van der Waals surface area contributed by atoms with Crippen LogP contribution >= 0.6 is 11.3 Å². The van der Waals surface area contributed by atoms with Crippen LogP contribution in [0.1, 0.15) is 39.1 Å². The largest absolute Gasteiger partial charge is 0.247 e. The van der Waals surface area contributed by atoms with Crippen molar-refractivity contribution in [2.24, 2.45) is 0 Å². The first kappa shape index (κ1) is 20.3. The summed E-state index contributed by atoms with van der Waals surface area (Å²) >= 11 is 1.78. The molecule has 0 saturated heterocycles. The molecule has 5 rings (SSSR count). The Hall–Kier alpha value is -3.56. The number of benzene rings is 1. The highest BCUT2D eigenvalue weighted by molar-refractivity contribution is 7.11. The quantitative estimate of drug-likeness (QED) is 0.358. The molecule has 32 heavy (non-hydrogen) atoms. The molecule has 0 atom stereocenters. The van der Waals surface area contributed by atoms with E-state index in [0.29, 0.717) is 0 Å². The number of hydrogen-bond acceptors (Lipinski definition) is 5. The van der Waals surface area contributed by atoms with Crippen LogP contribution in [-0.4, -0.2) is 24.6 Å². The summed E-state index contributed by atoms with van der Waals surface area (Å²) in [5, 5.41) is 6.72. The summed E-state index contributed by atoms with van der Waals surface area (Å²) < 4.78 is 1.94. The van der Waals surface area contributed by atoms with Crippen molar-refractivity contribution < 1.29 is 0 Å². The predicted molar refractivity (Wildman–Crippen MR) is 129 cm³/mol. The average Bonchev–Trinajstić information content (AvgIpc) is 3.40. The maximum Gasteiger partial charge on any atom is 0.155 e. The normalized spacial score (nSPS) is 11.1. The van der Waals surface area contributed by atoms with Gasteiger partial charge in [0.05, 0.1) is 22.4 Å². The molecule has 4 aromatic heterocycles. The number of thiazole rings is 1. The second-order valence-corrected chi connectivity index (χ2v) is 9.06. The molecule has 4 heterocycles. The van der Waals surface area contributed by atoms with E-state index in [1.165, 1.54) is 10.6 Å². The van der Waals surface area contributed by atoms with Gasteiger partial charge in [0.2, 0.25) is 0 Å². The van der Waals surface area contributed by atoms with E-state index < -0.39 is 0 Å². The van der Waals surface area contributed by atoms with Gasteiger partial charge < -0.3 is 0 Å². The molecule has 0 aliphatic carbocycles. The van der Waals surface area contributed by atoms with E-state index in [1.54, 1.807) is 11.3 Å². The zero-order valence-electron chi connectivity index (χ0n) is 18.2. The number of rotatable bonds is 5. The Bertz CT molecular complexity index is 1470. The highest BCUT2D eigenvalue weighted by atomic mass is 32.1. The molecule has 0 aliphatic heterocycles. The fourth-order valence-electron chi connectivity index (χ4n) is 3.87. The minimum Gasteiger partial charge on any atom is -0.247 e. The minimum absolute atomic E-state index is 0.735. The van der Waals surface area contributed by atoms with Crippen LogP contribution in [0.25, 0.3) is 16.6 Å². The van der Waals surface area contributed by atoms with Crippen molar-refractivity contribution in [2.45, 2.75) is 39.5 Å². The molecule has 0 spiro atoms. The van der Waals surface area contributed by atoms with Crippen LogP contribution in [0.5, 0.6) is 0 Å². The first-order valence-corrected chi connectivity index (χ1v) is 11.6. The van der Waals surface area contributed by atoms with Crippen molar-refractivity contribution in [3.05, 3.63) is 87.4 Å². The molecule has 158 valence electrons. The number of nitrogens with zero attached hydrogens (tertiary/aromatic N) is 5. The lowest BCUT2D eigenvalue weighted by Gasteiger charge is -2.07. The van der Waals surface area contributed by atoms with Crippen LogP contribution < -0.4 is 0 Å². The van der Waals surface area contributed by atoms with Gasteiger partial charge in [-0.05, 0) is 50.8 Å². The van der Waals surface area contributed by atoms with Crippen LogP contribution in [0.15, 0.2) is 54.7 Å². The van der Waals surface area contributed by atoms with Crippen molar-refractivity contribution in [1.82, 2.24) is 24.6 Å². The Kier molecular flexibility index (Phi) is 5.66. The van der Waals surface area contributed by atoms with E-state index in [4.69, 9.17) is 4.98 Å². The monoisotopic (exact) mass is 437 g/mol. The molecule has 6 heteroatoms. The molecule has 0 N–H and O–H groups in total. The van der Waals surface area contributed by atoms with E-state index in [1.807, 2.05) is 41.0 Å². The van der Waals surface area contributed by atoms with Crippen LogP contribution in [0.3, 0.4) is 0 Å². The first-order chi connectivity index (χ1) is 15.7. The molecule has 1 aromatic carbocycles. The smallest absolute Gasteiger partial charge is 0.155 e. The molecule has 0 bridgehead atoms. The summed E-state index contributed by atoms with van der Waals surface area (Å²) in [6.45, 7) is 4.15. The SMILES string of the molecule is Cc1nc(C)c(CCc2cc(CCC#Cc3ccc4ccccc4n3)nc3ccnn23)s1. The summed E-state index contributed by atoms with van der Waals surface area (Å²) in [4.78, 5) is 15.3. The first-order valence-electron chi connectivity index (χ1n) is 10.8. The van der Waals surface area contributed by atoms with Crippen LogP contribution in [0.2, 0.25) is 0 Å². The summed E-state index contributed by atoms with van der Waals surface area (Å²) in [6, 6.07) is 16.3. The standard InChI is InChI=1S/C26H23N5S/c1-18-25(32-19(2)28-18)14-13-23-17-22(30-26-15-16-27-31(23)26)9-5-4-8-21-12-11-20-7-3-6-10-24(20)29-21/h3,6-7,10-12,15-17H,5,9,13-14H2,1-2H3. The molecular weight excluding hydrogens is 414 g/mol. The Labute approximate surface area is 191 Å². The van der Waals surface area contributed by atoms with E-state index in [2.05, 4.69) is 59.0 Å². The van der Waals surface area contributed by atoms with Gasteiger partial charge in [-0.25, -0.2) is 19.5 Å². The van der Waals surface area contributed by atoms with Gasteiger partial charge in [0.1, 0.15) is 5.69 Å². The van der Waals surface area contributed by atoms with E-state index in [0.717, 1.165) is 64.3 Å². The molecule has 0 unspecified atom stereocenters. The number of pyridine rings is 1. The van der Waals surface area contributed by atoms with Crippen molar-refractivity contribution in [1.29, 1.82) is 0 Å². The molecule has 0 fully saturated rings. The Balaban J connectivity index is 1.30. The van der Waals surface area contributed by atoms with Crippen molar-refractivity contribution >= 4 is 27.9 Å². The van der Waals surface area contributed by atoms with Gasteiger partial charge >= 0.3 is 0 Å². The maximum absolute atomic E-state index is 4.77. The lowest BCUT2D eigenvalue weighted by Crippen LogP contribution is -2.05. The molecular formula is C26H23N5S. The fraction of sp³-hybridized carbons (Fsp3) is 0.231. The highest BCUT2D eigenvalue weighted by Gasteiger charge is 2.10. The molecule has 0 saturated carbocycles. The highest BCUT2D eigenvalue weighted by Crippen LogP contribution is 2.20. The van der Waals surface area contributed by atoms with Gasteiger partial charge in [0, 0.05) is 40.6 Å². The predicted octanol–water partition coefficient (Wildman–Crippen LogP) is 5.12. The number of para-hydroxylation sites is 1. The molecule has 0 aliphatic rings. The van der Waals surface area contributed by atoms with Crippen LogP contribution in [-0.2, 0) is 19.3 Å². The summed E-state index contributed by atoms with van der Waals surface area (Å²) in [5.74, 6) is 6.46. The zero-order chi connectivity index (χ0) is 21.9. The van der Waals surface area contributed by atoms with E-state index >= 15 is 0 Å². The summed E-state index contributed by atoms with van der Waals surface area (Å²) in [7, 11) is 0. The number of fused-ring (bicyclic) bond motifs is 2. The lowest BCUT2D eigenvalue weighted by molar-refractivity contribution is 0.796. The number of hydrogen-bond donors (Lipinski definition) is 0. The summed E-state index contributed by atoms with van der Waals surface area (Å²) in [5.41, 5.74) is 6.02. The van der Waals surface area contributed by atoms with Gasteiger partial charge in [0.25, 0.3) is 0 Å². The van der Waals surface area contributed by atoms with Crippen LogP contribution in [0.4, 0.5) is 0 Å². The van der Waals surface area contributed by atoms with Gasteiger partial charge in [-0.2, -0.15) is 5.10 Å². The molecule has 0 radical (unpaired) electrons. The number of aryl methyl sites for hydroxylation is 5. The van der Waals surface area contributed by atoms with Crippen LogP contribution in [0, 0.1) is 25.7 Å². The van der Waals surface area contributed by atoms with Crippen molar-refractivity contribution in [3.63, 3.8) is 0 Å². The molecule has 0 amide bonds. The van der Waals surface area contributed by atoms with Gasteiger partial charge in [-0.3, -0.25) is 0 Å². The van der Waals surface area contributed by atoms with E-state index in [9.17, 15) is 0 Å². The maximum atomic E-state index is 4.77. The minimum atomic E-state index is 0.735. The summed E-state index contributed by atoms with van der Waals surface area (Å²) in [6.07, 6.45) is 5.21. The Morgan fingerprint density at radius 1 is 0.938 bits per heavy atom. The van der Waals surface area contributed by atoms with Crippen molar-refractivity contribution in [3.8, 4) is 11.8 Å². The zero-order valence-corrected chi connectivity index (χ0v) is 19.0. The number of aromatic nitrogens is 5. The van der Waals surface area contributed by atoms with Gasteiger partial charge in [-0.1, -0.05) is 30.2 Å². The lowest BCUT2D eigenvalue weighted by atomic mass is 10.1. The average molecular weight is 438 g/mol. The third-order valence-corrected chi connectivity index (χ3v) is 6.55.